The smallest absolute Gasteiger partial charge is 0.407 e. The summed E-state index contributed by atoms with van der Waals surface area (Å²) in [6.45, 7) is 6.81. The Kier molecular flexibility index (Phi) is 13.3. The van der Waals surface area contributed by atoms with Gasteiger partial charge in [0.25, 0.3) is 0 Å². The van der Waals surface area contributed by atoms with E-state index >= 15 is 0 Å². The summed E-state index contributed by atoms with van der Waals surface area (Å²) in [5, 5.41) is 13.4. The molecular weight excluding hydrogens is 877 g/mol. The molecule has 0 saturated carbocycles. The van der Waals surface area contributed by atoms with Crippen LogP contribution < -0.4 is 16.0 Å². The van der Waals surface area contributed by atoms with Gasteiger partial charge in [-0.1, -0.05) is 48.6 Å². The molecule has 1 aliphatic heterocycles. The van der Waals surface area contributed by atoms with Crippen molar-refractivity contribution in [3.63, 3.8) is 0 Å². The molecule has 286 valence electrons. The number of likely N-dealkylation sites (tertiary alicyclic amines) is 1. The van der Waals surface area contributed by atoms with Gasteiger partial charge in [0.15, 0.2) is 5.78 Å². The number of hydrogen-bond donors (Lipinski definition) is 3. The third kappa shape index (κ3) is 9.20. The number of aryl methyl sites for hydroxylation is 1. The second-order valence-electron chi connectivity index (χ2n) is 13.2. The van der Waals surface area contributed by atoms with Gasteiger partial charge >= 0.3 is 6.09 Å². The zero-order valence-electron chi connectivity index (χ0n) is 30.6. The highest BCUT2D eigenvalue weighted by Crippen LogP contribution is 2.36. The van der Waals surface area contributed by atoms with Crippen molar-refractivity contribution in [1.82, 2.24) is 40.3 Å². The first-order valence-corrected chi connectivity index (χ1v) is 19.1. The van der Waals surface area contributed by atoms with E-state index in [4.69, 9.17) is 9.47 Å². The number of alkyl halides is 1. The molecule has 4 atom stereocenters. The molecule has 0 bridgehead atoms. The topological polar surface area (TPSA) is 200 Å². The first kappa shape index (κ1) is 40.6. The fourth-order valence-corrected chi connectivity index (χ4v) is 7.79. The molecular formula is C36H41BrIN9O7. The normalized spacial score (nSPS) is 17.4. The average Bonchev–Trinajstić information content (AvgIpc) is 3.67. The molecule has 4 heterocycles. The van der Waals surface area contributed by atoms with Gasteiger partial charge in [-0.3, -0.25) is 23.9 Å². The maximum absolute atomic E-state index is 14.4. The summed E-state index contributed by atoms with van der Waals surface area (Å²) in [5.41, 5.74) is 2.92. The van der Waals surface area contributed by atoms with Crippen LogP contribution in [0.3, 0.4) is 0 Å². The van der Waals surface area contributed by atoms with Crippen LogP contribution in [0.15, 0.2) is 47.3 Å². The van der Waals surface area contributed by atoms with Gasteiger partial charge in [-0.15, -0.1) is 0 Å². The van der Waals surface area contributed by atoms with E-state index in [0.29, 0.717) is 26.9 Å². The number of carbonyl (C=O) groups excluding carboxylic acids is 5. The molecule has 54 heavy (non-hydrogen) atoms. The van der Waals surface area contributed by atoms with Gasteiger partial charge in [0, 0.05) is 55.4 Å². The predicted octanol–water partition coefficient (Wildman–Crippen LogP) is 4.42. The number of fused-ring (bicyclic) bond motifs is 1. The minimum absolute atomic E-state index is 0.112. The van der Waals surface area contributed by atoms with Crippen LogP contribution in [-0.4, -0.2) is 96.1 Å². The molecule has 4 amide bonds. The molecule has 5 rings (SSSR count). The van der Waals surface area contributed by atoms with Gasteiger partial charge in [0.1, 0.15) is 40.6 Å². The van der Waals surface area contributed by atoms with Crippen molar-refractivity contribution >= 4 is 84.8 Å². The minimum Gasteiger partial charge on any atom is -0.453 e. The molecule has 1 fully saturated rings. The quantitative estimate of drug-likeness (QED) is 0.0564. The second kappa shape index (κ2) is 17.7. The van der Waals surface area contributed by atoms with Crippen LogP contribution in [0.1, 0.15) is 49.1 Å². The van der Waals surface area contributed by atoms with Crippen LogP contribution in [0, 0.1) is 18.8 Å². The lowest BCUT2D eigenvalue weighted by Gasteiger charge is -2.28. The standard InChI is InChI=1S/C36H41BrIN9O7/c1-18(2)30(43-36(52)54-6)35(51)41-13-23-12-27(34(50)44-33-22(17-53-5)8-10-28(37)42-33)47(32(23)38)29(49)16-46-26-9-7-21(24-14-39-20(4)40-15-24)11-25(26)31(45-46)19(3)48/h7-11,14-15,18,23,27,30,32H,12-13,16-17H2,1-6H3,(H,41,51)(H,43,52)(H,42,44,50)/t23-,27+,30+,32+/m1/s1. The minimum atomic E-state index is -0.964. The number of aromatic nitrogens is 5. The Morgan fingerprint density at radius 2 is 1.78 bits per heavy atom. The molecule has 16 nitrogen and oxygen atoms in total. The van der Waals surface area contributed by atoms with Crippen LogP contribution >= 0.6 is 38.5 Å². The Labute approximate surface area is 333 Å². The van der Waals surface area contributed by atoms with Crippen molar-refractivity contribution in [3.8, 4) is 11.1 Å². The molecule has 0 spiro atoms. The first-order valence-electron chi connectivity index (χ1n) is 17.1. The Balaban J connectivity index is 1.45. The second-order valence-corrected chi connectivity index (χ2v) is 15.3. The van der Waals surface area contributed by atoms with E-state index in [0.717, 1.165) is 11.1 Å². The van der Waals surface area contributed by atoms with Crippen molar-refractivity contribution in [2.45, 2.75) is 63.4 Å². The highest BCUT2D eigenvalue weighted by atomic mass is 127. The number of ether oxygens (including phenoxy) is 2. The fraction of sp³-hybridized carbons (Fsp3) is 0.417. The summed E-state index contributed by atoms with van der Waals surface area (Å²) in [6, 6.07) is 7.12. The van der Waals surface area contributed by atoms with Gasteiger partial charge in [-0.2, -0.15) is 5.10 Å². The van der Waals surface area contributed by atoms with E-state index in [9.17, 15) is 24.0 Å². The number of carbonyl (C=O) groups is 5. The molecule has 18 heteroatoms. The van der Waals surface area contributed by atoms with Crippen molar-refractivity contribution in [3.05, 3.63) is 64.4 Å². The summed E-state index contributed by atoms with van der Waals surface area (Å²) >= 11 is 5.47. The molecule has 1 aliphatic rings. The maximum Gasteiger partial charge on any atom is 0.407 e. The van der Waals surface area contributed by atoms with E-state index in [1.54, 1.807) is 51.4 Å². The molecule has 0 radical (unpaired) electrons. The van der Waals surface area contributed by atoms with E-state index < -0.39 is 39.9 Å². The SMILES string of the molecule is COCc1ccc(Br)nc1NC(=O)[C@@H]1C[C@H](CNC(=O)[C@@H](NC(=O)OC)C(C)C)[C@@H](I)N1C(=O)Cn1nc(C(C)=O)c2cc(-c3cnc(C)nc3)ccc21. The first-order chi connectivity index (χ1) is 25.7. The molecule has 1 saturated heterocycles. The zero-order chi connectivity index (χ0) is 39.3. The third-order valence-electron chi connectivity index (χ3n) is 9.02. The summed E-state index contributed by atoms with van der Waals surface area (Å²) < 4.78 is 11.4. The number of nitrogens with zero attached hydrogens (tertiary/aromatic N) is 6. The van der Waals surface area contributed by atoms with Crippen molar-refractivity contribution < 1.29 is 33.4 Å². The number of methoxy groups -OCH3 is 2. The van der Waals surface area contributed by atoms with Gasteiger partial charge in [0.2, 0.25) is 17.7 Å². The fourth-order valence-electron chi connectivity index (χ4n) is 6.23. The number of benzene rings is 1. The number of hydrogen-bond acceptors (Lipinski definition) is 11. The van der Waals surface area contributed by atoms with Gasteiger partial charge < -0.3 is 30.3 Å². The Bertz CT molecular complexity index is 2060. The average molecular weight is 919 g/mol. The van der Waals surface area contributed by atoms with Crippen LogP contribution in [0.4, 0.5) is 10.6 Å². The van der Waals surface area contributed by atoms with Crippen molar-refractivity contribution in [2.75, 3.05) is 26.1 Å². The van der Waals surface area contributed by atoms with Crippen molar-refractivity contribution in [2.24, 2.45) is 11.8 Å². The van der Waals surface area contributed by atoms with Crippen LogP contribution in [0.25, 0.3) is 22.0 Å². The van der Waals surface area contributed by atoms with Gasteiger partial charge in [-0.25, -0.2) is 19.7 Å². The maximum atomic E-state index is 14.4. The van der Waals surface area contributed by atoms with E-state index in [1.165, 1.54) is 30.7 Å². The number of amides is 4. The Morgan fingerprint density at radius 3 is 2.43 bits per heavy atom. The molecule has 0 unspecified atom stereocenters. The monoisotopic (exact) mass is 917 g/mol. The Hall–Kier alpha value is -4.56. The lowest BCUT2D eigenvalue weighted by molar-refractivity contribution is -0.137. The number of alkyl carbamates (subject to hydrolysis) is 1. The molecule has 0 aliphatic carbocycles. The summed E-state index contributed by atoms with van der Waals surface area (Å²) in [4.78, 5) is 80.9. The predicted molar refractivity (Wildman–Crippen MR) is 211 cm³/mol. The number of rotatable bonds is 13. The van der Waals surface area contributed by atoms with Gasteiger partial charge in [-0.05, 0) is 59.0 Å². The van der Waals surface area contributed by atoms with Crippen LogP contribution in [0.5, 0.6) is 0 Å². The largest absolute Gasteiger partial charge is 0.453 e. The molecule has 1 aromatic carbocycles. The highest BCUT2D eigenvalue weighted by molar-refractivity contribution is 14.1. The molecule has 3 aromatic heterocycles. The number of halogens is 2. The molecule has 3 N–H and O–H groups in total. The number of ketones is 1. The van der Waals surface area contributed by atoms with E-state index in [-0.39, 0.29) is 55.2 Å². The summed E-state index contributed by atoms with van der Waals surface area (Å²) in [6.07, 6.45) is 2.86. The third-order valence-corrected chi connectivity index (χ3v) is 11.1. The zero-order valence-corrected chi connectivity index (χ0v) is 34.3. The van der Waals surface area contributed by atoms with Crippen molar-refractivity contribution in [1.29, 1.82) is 0 Å². The number of anilines is 1. The lowest BCUT2D eigenvalue weighted by atomic mass is 10.0. The van der Waals surface area contributed by atoms with E-state index in [1.807, 2.05) is 12.1 Å². The number of Topliss-reactive ketones (excluding diaryl/α,β-unsaturated/α-hetero) is 1. The summed E-state index contributed by atoms with van der Waals surface area (Å²) in [7, 11) is 2.75. The summed E-state index contributed by atoms with van der Waals surface area (Å²) in [5.74, 6) is -1.32. The number of pyridine rings is 1. The van der Waals surface area contributed by atoms with Crippen LogP contribution in [0.2, 0.25) is 0 Å². The number of nitrogens with one attached hydrogen (secondary N) is 3. The lowest BCUT2D eigenvalue weighted by Crippen LogP contribution is -2.51. The molecule has 4 aromatic rings. The van der Waals surface area contributed by atoms with Gasteiger partial charge in [0.05, 0.1) is 23.3 Å². The highest BCUT2D eigenvalue weighted by Gasteiger charge is 2.46. The van der Waals surface area contributed by atoms with E-state index in [2.05, 4.69) is 74.5 Å². The Morgan fingerprint density at radius 1 is 1.06 bits per heavy atom. The van der Waals surface area contributed by atoms with Crippen LogP contribution in [-0.2, 0) is 37.0 Å².